The standard InChI is InChI=1S/C17H24N6O/c1-13-10-15(16-19-18-12-23(16)20-13)22-9-5-6-14(11-22)17(24)21-7-3-2-4-8-21/h10,12,14H,2-9,11H2,1H3. The van der Waals surface area contributed by atoms with E-state index in [9.17, 15) is 4.79 Å². The first-order valence-corrected chi connectivity index (χ1v) is 8.94. The number of likely N-dealkylation sites (tertiary alicyclic amines) is 1. The number of amides is 1. The SMILES string of the molecule is Cc1cc(N2CCCC(C(=O)N3CCCCC3)C2)c2nncn2n1. The second-order valence-electron chi connectivity index (χ2n) is 6.94. The van der Waals surface area contributed by atoms with Crippen molar-refractivity contribution in [3.8, 4) is 0 Å². The lowest BCUT2D eigenvalue weighted by Crippen LogP contribution is -2.46. The number of carbonyl (C=O) groups excluding carboxylic acids is 1. The molecule has 0 aliphatic carbocycles. The topological polar surface area (TPSA) is 66.6 Å². The van der Waals surface area contributed by atoms with Gasteiger partial charge in [0.05, 0.1) is 17.3 Å². The van der Waals surface area contributed by atoms with Gasteiger partial charge in [0.25, 0.3) is 0 Å². The Hall–Kier alpha value is -2.18. The molecule has 2 saturated heterocycles. The van der Waals surface area contributed by atoms with Crippen LogP contribution in [0.15, 0.2) is 12.4 Å². The monoisotopic (exact) mass is 328 g/mol. The van der Waals surface area contributed by atoms with Crippen LogP contribution in [0.3, 0.4) is 0 Å². The summed E-state index contributed by atoms with van der Waals surface area (Å²) in [4.78, 5) is 17.2. The number of anilines is 1. The predicted octanol–water partition coefficient (Wildman–Crippen LogP) is 1.66. The quantitative estimate of drug-likeness (QED) is 0.839. The minimum Gasteiger partial charge on any atom is -0.368 e. The van der Waals surface area contributed by atoms with E-state index in [0.29, 0.717) is 5.91 Å². The molecule has 2 aliphatic heterocycles. The predicted molar refractivity (Wildman–Crippen MR) is 90.9 cm³/mol. The molecule has 0 bridgehead atoms. The molecular weight excluding hydrogens is 304 g/mol. The molecule has 2 aromatic rings. The molecule has 1 atom stereocenters. The van der Waals surface area contributed by atoms with E-state index in [1.54, 1.807) is 10.8 Å². The van der Waals surface area contributed by atoms with E-state index in [-0.39, 0.29) is 5.92 Å². The number of hydrogen-bond acceptors (Lipinski definition) is 5. The first-order chi connectivity index (χ1) is 11.7. The maximum atomic E-state index is 12.9. The molecule has 7 heteroatoms. The van der Waals surface area contributed by atoms with Gasteiger partial charge in [-0.2, -0.15) is 9.61 Å². The zero-order chi connectivity index (χ0) is 16.5. The van der Waals surface area contributed by atoms with E-state index < -0.39 is 0 Å². The van der Waals surface area contributed by atoms with E-state index in [1.807, 2.05) is 6.92 Å². The van der Waals surface area contributed by atoms with Crippen LogP contribution in [0.5, 0.6) is 0 Å². The lowest BCUT2D eigenvalue weighted by molar-refractivity contribution is -0.136. The van der Waals surface area contributed by atoms with Gasteiger partial charge in [0.2, 0.25) is 11.6 Å². The van der Waals surface area contributed by atoms with Crippen molar-refractivity contribution >= 4 is 17.2 Å². The van der Waals surface area contributed by atoms with Crippen LogP contribution in [0.1, 0.15) is 37.8 Å². The normalized spacial score (nSPS) is 22.1. The molecule has 7 nitrogen and oxygen atoms in total. The molecule has 24 heavy (non-hydrogen) atoms. The Morgan fingerprint density at radius 1 is 1.17 bits per heavy atom. The largest absolute Gasteiger partial charge is 0.368 e. The number of fused-ring (bicyclic) bond motifs is 1. The summed E-state index contributed by atoms with van der Waals surface area (Å²) in [6.45, 7) is 5.55. The number of rotatable bonds is 2. The molecule has 0 saturated carbocycles. The summed E-state index contributed by atoms with van der Waals surface area (Å²) < 4.78 is 1.72. The Bertz CT molecular complexity index is 736. The van der Waals surface area contributed by atoms with Crippen molar-refractivity contribution in [2.75, 3.05) is 31.1 Å². The van der Waals surface area contributed by atoms with Gasteiger partial charge < -0.3 is 9.80 Å². The maximum absolute atomic E-state index is 12.9. The van der Waals surface area contributed by atoms with Crippen molar-refractivity contribution in [3.05, 3.63) is 18.1 Å². The molecule has 1 amide bonds. The number of aromatic nitrogens is 4. The highest BCUT2D eigenvalue weighted by molar-refractivity contribution is 5.80. The highest BCUT2D eigenvalue weighted by atomic mass is 16.2. The van der Waals surface area contributed by atoms with Crippen molar-refractivity contribution in [1.29, 1.82) is 0 Å². The van der Waals surface area contributed by atoms with E-state index in [0.717, 1.165) is 68.9 Å². The van der Waals surface area contributed by atoms with Crippen LogP contribution in [0.4, 0.5) is 5.69 Å². The number of nitrogens with zero attached hydrogens (tertiary/aromatic N) is 6. The van der Waals surface area contributed by atoms with Crippen molar-refractivity contribution in [2.24, 2.45) is 5.92 Å². The van der Waals surface area contributed by atoms with Crippen LogP contribution in [0.25, 0.3) is 5.65 Å². The molecule has 0 aromatic carbocycles. The Balaban J connectivity index is 1.55. The fraction of sp³-hybridized carbons (Fsp3) is 0.647. The van der Waals surface area contributed by atoms with Crippen LogP contribution in [-0.2, 0) is 4.79 Å². The second kappa shape index (κ2) is 6.37. The summed E-state index contributed by atoms with van der Waals surface area (Å²) in [6, 6.07) is 2.05. The molecule has 4 rings (SSSR count). The molecule has 4 heterocycles. The number of piperidine rings is 2. The van der Waals surface area contributed by atoms with Gasteiger partial charge >= 0.3 is 0 Å². The molecule has 2 aliphatic rings. The molecule has 2 fully saturated rings. The third-order valence-corrected chi connectivity index (χ3v) is 5.15. The van der Waals surface area contributed by atoms with E-state index in [1.165, 1.54) is 6.42 Å². The number of aryl methyl sites for hydroxylation is 1. The highest BCUT2D eigenvalue weighted by Gasteiger charge is 2.31. The first-order valence-electron chi connectivity index (χ1n) is 8.94. The third-order valence-electron chi connectivity index (χ3n) is 5.15. The lowest BCUT2D eigenvalue weighted by atomic mass is 9.95. The van der Waals surface area contributed by atoms with Crippen LogP contribution in [0, 0.1) is 12.8 Å². The molecule has 1 unspecified atom stereocenters. The van der Waals surface area contributed by atoms with Gasteiger partial charge in [-0.05, 0) is 45.1 Å². The minimum atomic E-state index is 0.0910. The smallest absolute Gasteiger partial charge is 0.227 e. The number of carbonyl (C=O) groups is 1. The fourth-order valence-corrected chi connectivity index (χ4v) is 3.94. The zero-order valence-electron chi connectivity index (χ0n) is 14.2. The molecule has 0 radical (unpaired) electrons. The van der Waals surface area contributed by atoms with E-state index in [4.69, 9.17) is 0 Å². The lowest BCUT2D eigenvalue weighted by Gasteiger charge is -2.37. The van der Waals surface area contributed by atoms with Gasteiger partial charge in [-0.3, -0.25) is 4.79 Å². The fourth-order valence-electron chi connectivity index (χ4n) is 3.94. The summed E-state index contributed by atoms with van der Waals surface area (Å²) in [6.07, 6.45) is 7.19. The summed E-state index contributed by atoms with van der Waals surface area (Å²) in [5, 5.41) is 12.6. The van der Waals surface area contributed by atoms with Gasteiger partial charge in [0.15, 0.2) is 0 Å². The summed E-state index contributed by atoms with van der Waals surface area (Å²) >= 11 is 0. The molecular formula is C17H24N6O. The second-order valence-corrected chi connectivity index (χ2v) is 6.94. The van der Waals surface area contributed by atoms with Crippen molar-refractivity contribution in [1.82, 2.24) is 24.7 Å². The van der Waals surface area contributed by atoms with Gasteiger partial charge in [0.1, 0.15) is 6.33 Å². The Kier molecular flexibility index (Phi) is 4.08. The number of hydrogen-bond donors (Lipinski definition) is 0. The molecule has 0 spiro atoms. The van der Waals surface area contributed by atoms with Crippen molar-refractivity contribution < 1.29 is 4.79 Å². The van der Waals surface area contributed by atoms with Gasteiger partial charge in [0, 0.05) is 26.2 Å². The van der Waals surface area contributed by atoms with Gasteiger partial charge in [-0.15, -0.1) is 10.2 Å². The third kappa shape index (κ3) is 2.83. The average Bonchev–Trinajstić information content (AvgIpc) is 3.09. The first kappa shape index (κ1) is 15.4. The molecule has 128 valence electrons. The van der Waals surface area contributed by atoms with Gasteiger partial charge in [-0.1, -0.05) is 0 Å². The molecule has 0 N–H and O–H groups in total. The maximum Gasteiger partial charge on any atom is 0.227 e. The van der Waals surface area contributed by atoms with Crippen molar-refractivity contribution in [3.63, 3.8) is 0 Å². The minimum absolute atomic E-state index is 0.0910. The summed E-state index contributed by atoms with van der Waals surface area (Å²) in [5.74, 6) is 0.427. The van der Waals surface area contributed by atoms with Gasteiger partial charge in [-0.25, -0.2) is 0 Å². The Labute approximate surface area is 141 Å². The average molecular weight is 328 g/mol. The van der Waals surface area contributed by atoms with Crippen LogP contribution < -0.4 is 4.90 Å². The van der Waals surface area contributed by atoms with E-state index in [2.05, 4.69) is 31.2 Å². The van der Waals surface area contributed by atoms with E-state index >= 15 is 0 Å². The van der Waals surface area contributed by atoms with Crippen LogP contribution >= 0.6 is 0 Å². The Morgan fingerprint density at radius 2 is 2.00 bits per heavy atom. The highest BCUT2D eigenvalue weighted by Crippen LogP contribution is 2.28. The molecule has 2 aromatic heterocycles. The van der Waals surface area contributed by atoms with Crippen LogP contribution in [-0.4, -0.2) is 56.8 Å². The van der Waals surface area contributed by atoms with Crippen LogP contribution in [0.2, 0.25) is 0 Å². The Morgan fingerprint density at radius 3 is 2.83 bits per heavy atom. The summed E-state index contributed by atoms with van der Waals surface area (Å²) in [5.41, 5.74) is 2.74. The summed E-state index contributed by atoms with van der Waals surface area (Å²) in [7, 11) is 0. The zero-order valence-corrected chi connectivity index (χ0v) is 14.2. The van der Waals surface area contributed by atoms with Crippen molar-refractivity contribution in [2.45, 2.75) is 39.0 Å².